The molecule has 0 aliphatic rings. The average molecular weight is 244 g/mol. The fraction of sp³-hybridized carbons (Fsp3) is 0. The zero-order valence-electron chi connectivity index (χ0n) is 9.20. The molecule has 4 nitrogen and oxygen atoms in total. The Morgan fingerprint density at radius 1 is 1.22 bits per heavy atom. The maximum absolute atomic E-state index is 13.1. The van der Waals surface area contributed by atoms with Crippen molar-refractivity contribution in [2.75, 3.05) is 0 Å². The molecule has 5 heteroatoms. The highest BCUT2D eigenvalue weighted by Crippen LogP contribution is 2.26. The van der Waals surface area contributed by atoms with E-state index < -0.39 is 5.97 Å². The number of carboxylic acid groups (broad SMARTS) is 1. The van der Waals surface area contributed by atoms with Crippen LogP contribution in [0.3, 0.4) is 0 Å². The van der Waals surface area contributed by atoms with E-state index in [1.807, 2.05) is 0 Å². The summed E-state index contributed by atoms with van der Waals surface area (Å²) < 4.78 is 13.1. The second-order valence-electron chi connectivity index (χ2n) is 3.99. The second kappa shape index (κ2) is 3.73. The lowest BCUT2D eigenvalue weighted by molar-refractivity contribution is 0.0698. The first kappa shape index (κ1) is 10.6. The SMILES string of the molecule is O=C(O)c1cc[nH]c1-c1cc2cc(F)ccc2[nH]1. The molecule has 0 saturated carbocycles. The Hall–Kier alpha value is -2.56. The fourth-order valence-corrected chi connectivity index (χ4v) is 2.01. The third-order valence-electron chi connectivity index (χ3n) is 2.83. The van der Waals surface area contributed by atoms with Gasteiger partial charge in [-0.3, -0.25) is 0 Å². The van der Waals surface area contributed by atoms with Crippen LogP contribution in [0.5, 0.6) is 0 Å². The lowest BCUT2D eigenvalue weighted by Crippen LogP contribution is -1.96. The number of aromatic nitrogens is 2. The minimum atomic E-state index is -1.00. The first-order valence-electron chi connectivity index (χ1n) is 5.34. The summed E-state index contributed by atoms with van der Waals surface area (Å²) in [7, 11) is 0. The van der Waals surface area contributed by atoms with Crippen molar-refractivity contribution in [3.05, 3.63) is 47.9 Å². The van der Waals surface area contributed by atoms with Crippen LogP contribution in [0.2, 0.25) is 0 Å². The standard InChI is InChI=1S/C13H9FN2O2/c14-8-1-2-10-7(5-8)6-11(16-10)12-9(13(17)18)3-4-15-12/h1-6,15-16H,(H,17,18). The van der Waals surface area contributed by atoms with Gasteiger partial charge in [-0.2, -0.15) is 0 Å². The van der Waals surface area contributed by atoms with Gasteiger partial charge in [0.1, 0.15) is 5.82 Å². The summed E-state index contributed by atoms with van der Waals surface area (Å²) >= 11 is 0. The smallest absolute Gasteiger partial charge is 0.337 e. The second-order valence-corrected chi connectivity index (χ2v) is 3.99. The number of carboxylic acids is 1. The van der Waals surface area contributed by atoms with E-state index in [4.69, 9.17) is 5.11 Å². The van der Waals surface area contributed by atoms with Gasteiger partial charge < -0.3 is 15.1 Å². The predicted octanol–water partition coefficient (Wildman–Crippen LogP) is 3.00. The molecule has 0 saturated heterocycles. The number of aromatic amines is 2. The Balaban J connectivity index is 2.19. The molecular formula is C13H9FN2O2. The molecule has 0 aliphatic heterocycles. The Labute approximate surface area is 101 Å². The van der Waals surface area contributed by atoms with E-state index in [-0.39, 0.29) is 11.4 Å². The molecule has 0 bridgehead atoms. The van der Waals surface area contributed by atoms with Crippen LogP contribution in [0.4, 0.5) is 4.39 Å². The van der Waals surface area contributed by atoms with Crippen LogP contribution in [0, 0.1) is 5.82 Å². The van der Waals surface area contributed by atoms with Crippen molar-refractivity contribution in [3.8, 4) is 11.4 Å². The Morgan fingerprint density at radius 2 is 2.06 bits per heavy atom. The summed E-state index contributed by atoms with van der Waals surface area (Å²) in [5.74, 6) is -1.32. The normalized spacial score (nSPS) is 10.9. The first-order valence-corrected chi connectivity index (χ1v) is 5.34. The molecule has 0 fully saturated rings. The monoisotopic (exact) mass is 244 g/mol. The van der Waals surface area contributed by atoms with Crippen LogP contribution < -0.4 is 0 Å². The number of benzene rings is 1. The molecule has 18 heavy (non-hydrogen) atoms. The zero-order valence-corrected chi connectivity index (χ0v) is 9.20. The van der Waals surface area contributed by atoms with Gasteiger partial charge in [0.2, 0.25) is 0 Å². The molecule has 3 N–H and O–H groups in total. The molecule has 0 spiro atoms. The van der Waals surface area contributed by atoms with Crippen LogP contribution >= 0.6 is 0 Å². The third-order valence-corrected chi connectivity index (χ3v) is 2.83. The van der Waals surface area contributed by atoms with Crippen molar-refractivity contribution in [2.45, 2.75) is 0 Å². The number of hydrogen-bond acceptors (Lipinski definition) is 1. The van der Waals surface area contributed by atoms with Gasteiger partial charge in [-0.1, -0.05) is 0 Å². The molecule has 0 unspecified atom stereocenters. The highest BCUT2D eigenvalue weighted by atomic mass is 19.1. The molecule has 0 radical (unpaired) electrons. The molecule has 0 atom stereocenters. The summed E-state index contributed by atoms with van der Waals surface area (Å²) in [5.41, 5.74) is 2.05. The molecule has 3 aromatic rings. The van der Waals surface area contributed by atoms with Gasteiger partial charge in [0.05, 0.1) is 17.0 Å². The number of nitrogens with one attached hydrogen (secondary N) is 2. The third kappa shape index (κ3) is 1.57. The maximum Gasteiger partial charge on any atom is 0.337 e. The fourth-order valence-electron chi connectivity index (χ4n) is 2.01. The van der Waals surface area contributed by atoms with Gasteiger partial charge >= 0.3 is 5.97 Å². The van der Waals surface area contributed by atoms with Crippen LogP contribution in [0.15, 0.2) is 36.5 Å². The van der Waals surface area contributed by atoms with E-state index in [1.165, 1.54) is 18.2 Å². The molecular weight excluding hydrogens is 235 g/mol. The van der Waals surface area contributed by atoms with Gasteiger partial charge in [-0.25, -0.2) is 9.18 Å². The van der Waals surface area contributed by atoms with Gasteiger partial charge in [-0.05, 0) is 30.3 Å². The number of halogens is 1. The molecule has 0 aliphatic carbocycles. The van der Waals surface area contributed by atoms with Gasteiger partial charge in [-0.15, -0.1) is 0 Å². The summed E-state index contributed by atoms with van der Waals surface area (Å²) in [6.07, 6.45) is 1.56. The van der Waals surface area contributed by atoms with Crippen molar-refractivity contribution >= 4 is 16.9 Å². The summed E-state index contributed by atoms with van der Waals surface area (Å²) in [6.45, 7) is 0. The van der Waals surface area contributed by atoms with Crippen LogP contribution in [0.25, 0.3) is 22.3 Å². The lowest BCUT2D eigenvalue weighted by Gasteiger charge is -1.96. The van der Waals surface area contributed by atoms with Crippen molar-refractivity contribution in [2.24, 2.45) is 0 Å². The highest BCUT2D eigenvalue weighted by molar-refractivity contribution is 5.96. The van der Waals surface area contributed by atoms with Crippen molar-refractivity contribution in [1.82, 2.24) is 9.97 Å². The van der Waals surface area contributed by atoms with Crippen LogP contribution in [0.1, 0.15) is 10.4 Å². The number of H-pyrrole nitrogens is 2. The maximum atomic E-state index is 13.1. The lowest BCUT2D eigenvalue weighted by atomic mass is 10.2. The van der Waals surface area contributed by atoms with Gasteiger partial charge in [0.25, 0.3) is 0 Å². The van der Waals surface area contributed by atoms with Gasteiger partial charge in [0.15, 0.2) is 0 Å². The minimum Gasteiger partial charge on any atom is -0.478 e. The van der Waals surface area contributed by atoms with E-state index in [9.17, 15) is 9.18 Å². The van der Waals surface area contributed by atoms with E-state index in [2.05, 4.69) is 9.97 Å². The molecule has 90 valence electrons. The highest BCUT2D eigenvalue weighted by Gasteiger charge is 2.14. The van der Waals surface area contributed by atoms with Crippen LogP contribution in [-0.2, 0) is 0 Å². The largest absolute Gasteiger partial charge is 0.478 e. The average Bonchev–Trinajstić information content (AvgIpc) is 2.93. The Morgan fingerprint density at radius 3 is 2.83 bits per heavy atom. The molecule has 2 heterocycles. The molecule has 3 rings (SSSR count). The van der Waals surface area contributed by atoms with Crippen molar-refractivity contribution in [3.63, 3.8) is 0 Å². The number of hydrogen-bond donors (Lipinski definition) is 3. The quantitative estimate of drug-likeness (QED) is 0.648. The van der Waals surface area contributed by atoms with E-state index in [0.717, 1.165) is 5.52 Å². The molecule has 2 aromatic heterocycles. The number of aromatic carboxylic acids is 1. The summed E-state index contributed by atoms with van der Waals surface area (Å²) in [6, 6.07) is 7.59. The number of carbonyl (C=O) groups is 1. The first-order chi connectivity index (χ1) is 8.65. The van der Waals surface area contributed by atoms with Crippen molar-refractivity contribution in [1.29, 1.82) is 0 Å². The van der Waals surface area contributed by atoms with Crippen LogP contribution in [-0.4, -0.2) is 21.0 Å². The Kier molecular flexibility index (Phi) is 2.19. The van der Waals surface area contributed by atoms with E-state index in [1.54, 1.807) is 18.3 Å². The van der Waals surface area contributed by atoms with Crippen molar-refractivity contribution < 1.29 is 14.3 Å². The predicted molar refractivity (Wildman–Crippen MR) is 65.0 cm³/mol. The number of rotatable bonds is 2. The summed E-state index contributed by atoms with van der Waals surface area (Å²) in [5, 5.41) is 9.75. The molecule has 0 amide bonds. The number of fused-ring (bicyclic) bond motifs is 1. The Bertz CT molecular complexity index is 742. The van der Waals surface area contributed by atoms with E-state index in [0.29, 0.717) is 16.8 Å². The van der Waals surface area contributed by atoms with Gasteiger partial charge in [0, 0.05) is 17.1 Å². The summed E-state index contributed by atoms with van der Waals surface area (Å²) in [4.78, 5) is 17.0. The van der Waals surface area contributed by atoms with E-state index >= 15 is 0 Å². The molecule has 1 aromatic carbocycles. The zero-order chi connectivity index (χ0) is 12.7. The minimum absolute atomic E-state index is 0.182. The topological polar surface area (TPSA) is 68.9 Å².